The predicted molar refractivity (Wildman–Crippen MR) is 133 cm³/mol. The Kier molecular flexibility index (Phi) is 7.64. The lowest BCUT2D eigenvalue weighted by Crippen LogP contribution is -2.19. The van der Waals surface area contributed by atoms with Gasteiger partial charge in [-0.2, -0.15) is 0 Å². The quantitative estimate of drug-likeness (QED) is 0.340. The maximum absolute atomic E-state index is 13.4. The van der Waals surface area contributed by atoms with Crippen molar-refractivity contribution >= 4 is 50.5 Å². The molecular weight excluding hydrogens is 526 g/mol. The second-order valence-electron chi connectivity index (χ2n) is 7.13. The molecule has 5 nitrogen and oxygen atoms in total. The molecule has 1 aliphatic rings. The van der Waals surface area contributed by atoms with Gasteiger partial charge >= 0.3 is 0 Å². The van der Waals surface area contributed by atoms with E-state index in [0.29, 0.717) is 49.5 Å². The van der Waals surface area contributed by atoms with Gasteiger partial charge < -0.3 is 14.8 Å². The Morgan fingerprint density at radius 1 is 1.03 bits per heavy atom. The standard InChI is InChI=1S/C25H19BrF2N2O3S/c1-2-32-21-11-16(20(26)13-22(21)33-14-15-4-3-5-18(28)10-15)12-23-24(31)30-25(34-23)29-19-8-6-17(27)7-9-19/h3-13H,2,14H2,1H3,(H,29,30,31)/b23-12+. The number of hydrogen-bond donors (Lipinski definition) is 1. The summed E-state index contributed by atoms with van der Waals surface area (Å²) in [5.74, 6) is 0.0110. The molecule has 0 atom stereocenters. The van der Waals surface area contributed by atoms with E-state index in [9.17, 15) is 13.6 Å². The van der Waals surface area contributed by atoms with Crippen molar-refractivity contribution in [2.75, 3.05) is 6.61 Å². The monoisotopic (exact) mass is 544 g/mol. The molecule has 0 aromatic heterocycles. The number of aliphatic imine (C=N–C) groups is 1. The average molecular weight is 545 g/mol. The summed E-state index contributed by atoms with van der Waals surface area (Å²) in [6, 6.07) is 15.4. The van der Waals surface area contributed by atoms with Crippen LogP contribution in [0, 0.1) is 11.6 Å². The Balaban J connectivity index is 1.55. The lowest BCUT2D eigenvalue weighted by molar-refractivity contribution is -0.115. The van der Waals surface area contributed by atoms with Crippen molar-refractivity contribution in [2.45, 2.75) is 13.5 Å². The van der Waals surface area contributed by atoms with Gasteiger partial charge in [-0.25, -0.2) is 13.8 Å². The Hall–Kier alpha value is -3.17. The molecule has 0 saturated carbocycles. The van der Waals surface area contributed by atoms with Crippen LogP contribution in [-0.2, 0) is 11.4 Å². The van der Waals surface area contributed by atoms with Gasteiger partial charge in [0.2, 0.25) is 0 Å². The number of benzene rings is 3. The molecule has 3 aromatic carbocycles. The highest BCUT2D eigenvalue weighted by Gasteiger charge is 2.24. The number of nitrogens with one attached hydrogen (secondary N) is 1. The maximum atomic E-state index is 13.4. The first kappa shape index (κ1) is 24.0. The van der Waals surface area contributed by atoms with Gasteiger partial charge in [-0.1, -0.05) is 28.1 Å². The molecule has 1 amide bonds. The minimum absolute atomic E-state index is 0.173. The highest BCUT2D eigenvalue weighted by molar-refractivity contribution is 9.10. The van der Waals surface area contributed by atoms with Gasteiger partial charge in [0.15, 0.2) is 16.7 Å². The Labute approximate surface area is 208 Å². The molecule has 0 radical (unpaired) electrons. The van der Waals surface area contributed by atoms with Crippen LogP contribution in [0.5, 0.6) is 11.5 Å². The summed E-state index contributed by atoms with van der Waals surface area (Å²) in [7, 11) is 0. The molecule has 174 valence electrons. The molecule has 0 aliphatic carbocycles. The Bertz CT molecular complexity index is 1280. The molecule has 1 fully saturated rings. The second-order valence-corrected chi connectivity index (χ2v) is 9.02. The topological polar surface area (TPSA) is 59.9 Å². The van der Waals surface area contributed by atoms with Crippen molar-refractivity contribution in [1.29, 1.82) is 0 Å². The highest BCUT2D eigenvalue weighted by atomic mass is 79.9. The fourth-order valence-electron chi connectivity index (χ4n) is 3.09. The number of carbonyl (C=O) groups is 1. The van der Waals surface area contributed by atoms with Gasteiger partial charge in [0.05, 0.1) is 17.2 Å². The summed E-state index contributed by atoms with van der Waals surface area (Å²) < 4.78 is 38.9. The van der Waals surface area contributed by atoms with E-state index in [1.807, 2.05) is 6.92 Å². The van der Waals surface area contributed by atoms with Crippen molar-refractivity contribution in [3.05, 3.63) is 92.8 Å². The van der Waals surface area contributed by atoms with E-state index in [1.165, 1.54) is 48.2 Å². The molecule has 0 spiro atoms. The molecule has 9 heteroatoms. The average Bonchev–Trinajstić information content (AvgIpc) is 3.15. The zero-order chi connectivity index (χ0) is 24.1. The number of thioether (sulfide) groups is 1. The zero-order valence-corrected chi connectivity index (χ0v) is 20.4. The number of amidine groups is 1. The summed E-state index contributed by atoms with van der Waals surface area (Å²) in [6.07, 6.45) is 1.72. The molecule has 1 aliphatic heterocycles. The van der Waals surface area contributed by atoms with Gasteiger partial charge in [-0.15, -0.1) is 0 Å². The van der Waals surface area contributed by atoms with Crippen LogP contribution in [0.25, 0.3) is 6.08 Å². The predicted octanol–water partition coefficient (Wildman–Crippen LogP) is 6.60. The summed E-state index contributed by atoms with van der Waals surface area (Å²) in [4.78, 5) is 17.2. The Morgan fingerprint density at radius 3 is 2.53 bits per heavy atom. The van der Waals surface area contributed by atoms with Gasteiger partial charge in [0.1, 0.15) is 18.2 Å². The molecule has 1 saturated heterocycles. The fourth-order valence-corrected chi connectivity index (χ4v) is 4.35. The number of hydrogen-bond acceptors (Lipinski definition) is 5. The number of carbonyl (C=O) groups excluding carboxylic acids is 1. The zero-order valence-electron chi connectivity index (χ0n) is 18.0. The van der Waals surface area contributed by atoms with Gasteiger partial charge in [-0.3, -0.25) is 4.79 Å². The van der Waals surface area contributed by atoms with Crippen molar-refractivity contribution in [3.8, 4) is 11.5 Å². The lowest BCUT2D eigenvalue weighted by Gasteiger charge is -2.14. The summed E-state index contributed by atoms with van der Waals surface area (Å²) in [6.45, 7) is 2.44. The number of rotatable bonds is 7. The Morgan fingerprint density at radius 2 is 1.79 bits per heavy atom. The summed E-state index contributed by atoms with van der Waals surface area (Å²) in [5.41, 5.74) is 1.93. The van der Waals surface area contributed by atoms with Gasteiger partial charge in [0, 0.05) is 4.47 Å². The first-order valence-electron chi connectivity index (χ1n) is 10.3. The third-order valence-corrected chi connectivity index (χ3v) is 6.24. The third-order valence-electron chi connectivity index (χ3n) is 4.64. The van der Waals surface area contributed by atoms with E-state index >= 15 is 0 Å². The van der Waals surface area contributed by atoms with Crippen molar-refractivity contribution < 1.29 is 23.0 Å². The number of halogens is 3. The van der Waals surface area contributed by atoms with Crippen LogP contribution in [-0.4, -0.2) is 17.7 Å². The molecule has 4 rings (SSSR count). The molecule has 3 aromatic rings. The normalized spacial score (nSPS) is 15.6. The number of ether oxygens (including phenoxy) is 2. The van der Waals surface area contributed by atoms with Crippen LogP contribution in [0.15, 0.2) is 75.0 Å². The van der Waals surface area contributed by atoms with Crippen LogP contribution in [0.3, 0.4) is 0 Å². The van der Waals surface area contributed by atoms with Gasteiger partial charge in [-0.05, 0) is 84.4 Å². The van der Waals surface area contributed by atoms with E-state index in [-0.39, 0.29) is 24.1 Å². The van der Waals surface area contributed by atoms with Crippen LogP contribution in [0.2, 0.25) is 0 Å². The van der Waals surface area contributed by atoms with E-state index in [1.54, 1.807) is 30.3 Å². The van der Waals surface area contributed by atoms with E-state index < -0.39 is 0 Å². The number of amides is 1. The molecule has 1 heterocycles. The van der Waals surface area contributed by atoms with Crippen molar-refractivity contribution in [2.24, 2.45) is 4.99 Å². The first-order valence-corrected chi connectivity index (χ1v) is 11.9. The SMILES string of the molecule is CCOc1cc(/C=C2/SC(=Nc3ccc(F)cc3)NC2=O)c(Br)cc1OCc1cccc(F)c1. The van der Waals surface area contributed by atoms with E-state index in [2.05, 4.69) is 26.2 Å². The molecule has 34 heavy (non-hydrogen) atoms. The van der Waals surface area contributed by atoms with Crippen molar-refractivity contribution in [1.82, 2.24) is 5.32 Å². The van der Waals surface area contributed by atoms with Crippen LogP contribution in [0.4, 0.5) is 14.5 Å². The van der Waals surface area contributed by atoms with Gasteiger partial charge in [0.25, 0.3) is 5.91 Å². The summed E-state index contributed by atoms with van der Waals surface area (Å²) in [5, 5.41) is 3.11. The third kappa shape index (κ3) is 6.03. The lowest BCUT2D eigenvalue weighted by atomic mass is 10.1. The van der Waals surface area contributed by atoms with Crippen LogP contribution >= 0.6 is 27.7 Å². The smallest absolute Gasteiger partial charge is 0.264 e. The maximum Gasteiger partial charge on any atom is 0.264 e. The first-order chi connectivity index (χ1) is 16.4. The minimum Gasteiger partial charge on any atom is -0.490 e. The largest absolute Gasteiger partial charge is 0.490 e. The molecular formula is C25H19BrF2N2O3S. The van der Waals surface area contributed by atoms with Crippen LogP contribution in [0.1, 0.15) is 18.1 Å². The van der Waals surface area contributed by atoms with E-state index in [0.717, 1.165) is 0 Å². The summed E-state index contributed by atoms with van der Waals surface area (Å²) >= 11 is 4.71. The van der Waals surface area contributed by atoms with Crippen LogP contribution < -0.4 is 14.8 Å². The number of nitrogens with zero attached hydrogens (tertiary/aromatic N) is 1. The van der Waals surface area contributed by atoms with Crippen molar-refractivity contribution in [3.63, 3.8) is 0 Å². The molecule has 0 bridgehead atoms. The fraction of sp³-hybridized carbons (Fsp3) is 0.120. The highest BCUT2D eigenvalue weighted by Crippen LogP contribution is 2.37. The second kappa shape index (κ2) is 10.8. The molecule has 0 unspecified atom stereocenters. The van der Waals surface area contributed by atoms with E-state index in [4.69, 9.17) is 9.47 Å². The minimum atomic E-state index is -0.356. The molecule has 1 N–H and O–H groups in total.